The molecule has 1 N–H and O–H groups in total. The predicted molar refractivity (Wildman–Crippen MR) is 105 cm³/mol. The van der Waals surface area contributed by atoms with E-state index < -0.39 is 0 Å². The fourth-order valence-corrected chi connectivity index (χ4v) is 4.02. The second-order valence-electron chi connectivity index (χ2n) is 4.45. The van der Waals surface area contributed by atoms with E-state index in [1.165, 1.54) is 16.7 Å². The molecular formula is C15H13Br2NO3S2. The summed E-state index contributed by atoms with van der Waals surface area (Å²) in [6.45, 7) is 6.23. The van der Waals surface area contributed by atoms with E-state index in [9.17, 15) is 9.90 Å². The zero-order valence-electron chi connectivity index (χ0n) is 12.1. The van der Waals surface area contributed by atoms with E-state index in [-0.39, 0.29) is 11.7 Å². The Kier molecular flexibility index (Phi) is 6.30. The summed E-state index contributed by atoms with van der Waals surface area (Å²) in [7, 11) is 0. The number of thiocarbonyl (C=S) groups is 1. The van der Waals surface area contributed by atoms with Crippen molar-refractivity contribution in [3.8, 4) is 11.5 Å². The van der Waals surface area contributed by atoms with Gasteiger partial charge in [-0.15, -0.1) is 6.58 Å². The number of phenolic OH excluding ortho intramolecular Hbond substituents is 1. The van der Waals surface area contributed by atoms with Crippen molar-refractivity contribution in [2.45, 2.75) is 6.92 Å². The van der Waals surface area contributed by atoms with Crippen LogP contribution in [0.4, 0.5) is 0 Å². The summed E-state index contributed by atoms with van der Waals surface area (Å²) in [4.78, 5) is 14.3. The van der Waals surface area contributed by atoms with E-state index >= 15 is 0 Å². The summed E-state index contributed by atoms with van der Waals surface area (Å²) in [6.07, 6.45) is 3.22. The first-order valence-corrected chi connectivity index (χ1v) is 9.41. The lowest BCUT2D eigenvalue weighted by Gasteiger charge is -2.12. The number of thioether (sulfide) groups is 1. The lowest BCUT2D eigenvalue weighted by Crippen LogP contribution is -2.27. The Balaban J connectivity index is 2.49. The Bertz CT molecular complexity index is 719. The maximum Gasteiger partial charge on any atom is 0.266 e. The predicted octanol–water partition coefficient (Wildman–Crippen LogP) is 4.70. The summed E-state index contributed by atoms with van der Waals surface area (Å²) in [5.41, 5.74) is 0.460. The molecule has 0 bridgehead atoms. The van der Waals surface area contributed by atoms with E-state index in [1.54, 1.807) is 18.2 Å². The molecule has 0 aromatic heterocycles. The van der Waals surface area contributed by atoms with Gasteiger partial charge in [-0.3, -0.25) is 9.69 Å². The van der Waals surface area contributed by atoms with Gasteiger partial charge < -0.3 is 9.84 Å². The summed E-state index contributed by atoms with van der Waals surface area (Å²) in [6, 6.07) is 1.67. The molecule has 1 aliphatic heterocycles. The van der Waals surface area contributed by atoms with Crippen LogP contribution >= 0.6 is 55.8 Å². The van der Waals surface area contributed by atoms with Crippen molar-refractivity contribution >= 4 is 72.1 Å². The number of hydrogen-bond donors (Lipinski definition) is 1. The number of nitrogens with zero attached hydrogens (tertiary/aromatic N) is 1. The fraction of sp³-hybridized carbons (Fsp3) is 0.200. The van der Waals surface area contributed by atoms with Gasteiger partial charge >= 0.3 is 0 Å². The molecule has 8 heteroatoms. The molecule has 1 heterocycles. The Labute approximate surface area is 160 Å². The molecule has 0 radical (unpaired) electrons. The summed E-state index contributed by atoms with van der Waals surface area (Å²) < 4.78 is 7.23. The highest BCUT2D eigenvalue weighted by Gasteiger charge is 2.31. The van der Waals surface area contributed by atoms with Gasteiger partial charge in [-0.05, 0) is 50.9 Å². The topological polar surface area (TPSA) is 49.8 Å². The molecule has 4 nitrogen and oxygen atoms in total. The molecule has 1 aromatic rings. The molecule has 1 fully saturated rings. The van der Waals surface area contributed by atoms with Crippen molar-refractivity contribution in [1.29, 1.82) is 0 Å². The van der Waals surface area contributed by atoms with Gasteiger partial charge in [0.1, 0.15) is 4.32 Å². The third-order valence-electron chi connectivity index (χ3n) is 2.95. The average molecular weight is 479 g/mol. The number of rotatable bonds is 5. The van der Waals surface area contributed by atoms with E-state index in [1.807, 2.05) is 6.92 Å². The quantitative estimate of drug-likeness (QED) is 0.377. The van der Waals surface area contributed by atoms with E-state index in [0.29, 0.717) is 42.6 Å². The molecule has 122 valence electrons. The van der Waals surface area contributed by atoms with Gasteiger partial charge in [0.25, 0.3) is 5.91 Å². The molecule has 2 rings (SSSR count). The van der Waals surface area contributed by atoms with Crippen LogP contribution in [-0.2, 0) is 4.79 Å². The Morgan fingerprint density at radius 2 is 2.22 bits per heavy atom. The number of benzene rings is 1. The molecule has 1 saturated heterocycles. The van der Waals surface area contributed by atoms with Crippen molar-refractivity contribution in [3.63, 3.8) is 0 Å². The van der Waals surface area contributed by atoms with Crippen molar-refractivity contribution in [3.05, 3.63) is 38.1 Å². The number of phenols is 1. The molecule has 0 unspecified atom stereocenters. The Morgan fingerprint density at radius 1 is 1.52 bits per heavy atom. The van der Waals surface area contributed by atoms with E-state index in [4.69, 9.17) is 17.0 Å². The molecular weight excluding hydrogens is 466 g/mol. The number of carbonyl (C=O) groups is 1. The second-order valence-corrected chi connectivity index (χ2v) is 7.77. The molecule has 1 amide bonds. The van der Waals surface area contributed by atoms with Gasteiger partial charge in [0.15, 0.2) is 11.5 Å². The zero-order chi connectivity index (χ0) is 17.1. The monoisotopic (exact) mass is 477 g/mol. The highest BCUT2D eigenvalue weighted by Crippen LogP contribution is 2.43. The average Bonchev–Trinajstić information content (AvgIpc) is 2.77. The van der Waals surface area contributed by atoms with Crippen LogP contribution in [0.2, 0.25) is 0 Å². The number of ether oxygens (including phenoxy) is 1. The van der Waals surface area contributed by atoms with Gasteiger partial charge in [-0.2, -0.15) is 0 Å². The van der Waals surface area contributed by atoms with Gasteiger partial charge in [0.05, 0.1) is 11.5 Å². The van der Waals surface area contributed by atoms with Crippen LogP contribution in [0, 0.1) is 0 Å². The summed E-state index contributed by atoms with van der Waals surface area (Å²) >= 11 is 13.2. The van der Waals surface area contributed by atoms with Crippen LogP contribution < -0.4 is 4.74 Å². The number of halogens is 2. The number of hydrogen-bond acceptors (Lipinski definition) is 5. The maximum atomic E-state index is 12.4. The van der Waals surface area contributed by atoms with Gasteiger partial charge in [-0.1, -0.05) is 30.1 Å². The third kappa shape index (κ3) is 3.81. The molecule has 0 atom stereocenters. The normalized spacial score (nSPS) is 16.3. The number of aromatic hydroxyl groups is 1. The second kappa shape index (κ2) is 7.83. The van der Waals surface area contributed by atoms with Crippen molar-refractivity contribution < 1.29 is 14.6 Å². The van der Waals surface area contributed by atoms with E-state index in [0.717, 1.165) is 0 Å². The first-order valence-electron chi connectivity index (χ1n) is 6.60. The van der Waals surface area contributed by atoms with Crippen molar-refractivity contribution in [1.82, 2.24) is 4.90 Å². The number of carbonyl (C=O) groups excluding carboxylic acids is 1. The first-order chi connectivity index (χ1) is 10.9. The Morgan fingerprint density at radius 3 is 2.83 bits per heavy atom. The minimum absolute atomic E-state index is 0.0316. The van der Waals surface area contributed by atoms with E-state index in [2.05, 4.69) is 38.4 Å². The molecule has 0 spiro atoms. The number of amides is 1. The third-order valence-corrected chi connectivity index (χ3v) is 6.34. The smallest absolute Gasteiger partial charge is 0.266 e. The fourth-order valence-electron chi connectivity index (χ4n) is 1.93. The molecule has 0 saturated carbocycles. The van der Waals surface area contributed by atoms with Crippen LogP contribution in [0.3, 0.4) is 0 Å². The van der Waals surface area contributed by atoms with Crippen LogP contribution in [-0.4, -0.2) is 33.4 Å². The summed E-state index contributed by atoms with van der Waals surface area (Å²) in [5.74, 6) is 0.107. The molecule has 1 aromatic carbocycles. The first kappa shape index (κ1) is 18.5. The van der Waals surface area contributed by atoms with Gasteiger partial charge in [0.2, 0.25) is 0 Å². The van der Waals surface area contributed by atoms with Gasteiger partial charge in [0, 0.05) is 21.1 Å². The standard InChI is InChI=1S/C15H13Br2NO3S2/c1-3-5-18-14(20)11(23-15(18)22)6-8-12(17)9(16)7-10(13(8)19)21-4-2/h3,6-7,19H,1,4-5H2,2H3/b11-6+. The highest BCUT2D eigenvalue weighted by molar-refractivity contribution is 9.13. The lowest BCUT2D eigenvalue weighted by atomic mass is 10.1. The minimum Gasteiger partial charge on any atom is -0.504 e. The lowest BCUT2D eigenvalue weighted by molar-refractivity contribution is -0.121. The summed E-state index contributed by atoms with van der Waals surface area (Å²) in [5, 5.41) is 10.4. The molecule has 23 heavy (non-hydrogen) atoms. The SMILES string of the molecule is C=CCN1C(=O)/C(=C\c2c(O)c(OCC)cc(Br)c2Br)SC1=S. The zero-order valence-corrected chi connectivity index (χ0v) is 16.9. The Hall–Kier alpha value is -0.830. The van der Waals surface area contributed by atoms with Crippen LogP contribution in [0.1, 0.15) is 12.5 Å². The van der Waals surface area contributed by atoms with Crippen molar-refractivity contribution in [2.24, 2.45) is 0 Å². The van der Waals surface area contributed by atoms with Crippen LogP contribution in [0.15, 0.2) is 32.6 Å². The van der Waals surface area contributed by atoms with Gasteiger partial charge in [-0.25, -0.2) is 0 Å². The minimum atomic E-state index is -0.205. The maximum absolute atomic E-state index is 12.4. The van der Waals surface area contributed by atoms with Crippen molar-refractivity contribution in [2.75, 3.05) is 13.2 Å². The van der Waals surface area contributed by atoms with Crippen LogP contribution in [0.5, 0.6) is 11.5 Å². The molecule has 1 aliphatic rings. The highest BCUT2D eigenvalue weighted by atomic mass is 79.9. The molecule has 0 aliphatic carbocycles. The largest absolute Gasteiger partial charge is 0.504 e. The van der Waals surface area contributed by atoms with Crippen LogP contribution in [0.25, 0.3) is 6.08 Å².